The van der Waals surface area contributed by atoms with Crippen molar-refractivity contribution >= 4 is 75.1 Å². The second-order valence-corrected chi connectivity index (χ2v) is 7.78. The molecule has 2 nitrogen and oxygen atoms in total. The van der Waals surface area contributed by atoms with Crippen molar-refractivity contribution in [3.8, 4) is 0 Å². The van der Waals surface area contributed by atoms with Gasteiger partial charge in [0, 0.05) is 0 Å². The Hall–Kier alpha value is 0.780. The Labute approximate surface area is 120 Å². The third-order valence-electron chi connectivity index (χ3n) is 1.99. The highest BCUT2D eigenvalue weighted by Crippen LogP contribution is 2.45. The van der Waals surface area contributed by atoms with Gasteiger partial charge in [0.1, 0.15) is 10.4 Å². The number of thiophene rings is 1. The summed E-state index contributed by atoms with van der Waals surface area (Å²) in [5, 5.41) is 0. The normalized spacial score (nSPS) is 24.6. The second-order valence-electron chi connectivity index (χ2n) is 3.12. The summed E-state index contributed by atoms with van der Waals surface area (Å²) in [5.41, 5.74) is 0.304. The summed E-state index contributed by atoms with van der Waals surface area (Å²) in [5.74, 6) is -0.315. The van der Waals surface area contributed by atoms with Crippen LogP contribution in [0.25, 0.3) is 0 Å². The van der Waals surface area contributed by atoms with E-state index in [0.717, 1.165) is 11.3 Å². The molecule has 0 bridgehead atoms. The van der Waals surface area contributed by atoms with Crippen LogP contribution < -0.4 is 0 Å². The van der Waals surface area contributed by atoms with Crippen LogP contribution >= 0.6 is 69.3 Å². The fourth-order valence-corrected chi connectivity index (χ4v) is 3.19. The Morgan fingerprint density at radius 2 is 2.00 bits per heavy atom. The first-order chi connectivity index (χ1) is 7.30. The maximum absolute atomic E-state index is 11.9. The van der Waals surface area contributed by atoms with Crippen LogP contribution in [0.5, 0.6) is 0 Å². The zero-order chi connectivity index (χ0) is 12.1. The van der Waals surface area contributed by atoms with Crippen molar-refractivity contribution in [1.29, 1.82) is 0 Å². The molecule has 2 atom stereocenters. The summed E-state index contributed by atoms with van der Waals surface area (Å²) in [6.45, 7) is 0. The number of ether oxygens (including phenoxy) is 1. The van der Waals surface area contributed by atoms with E-state index in [4.69, 9.17) is 62.7 Å². The van der Waals surface area contributed by atoms with Gasteiger partial charge in [-0.15, -0.1) is 11.3 Å². The predicted octanol–water partition coefficient (Wildman–Crippen LogP) is 4.38. The first kappa shape index (κ1) is 13.2. The standard InChI is InChI=1S/C8H3Cl5O2S/c9-3-1-2(7(10)16-3)4(14)5-6(15-5)8(11,12)13/h1,5-6H. The molecule has 0 N–H and O–H groups in total. The minimum absolute atomic E-state index is 0.304. The van der Waals surface area contributed by atoms with Crippen molar-refractivity contribution in [2.75, 3.05) is 0 Å². The Balaban J connectivity index is 2.14. The van der Waals surface area contributed by atoms with Gasteiger partial charge in [0.2, 0.25) is 3.79 Å². The molecule has 0 aliphatic carbocycles. The lowest BCUT2D eigenvalue weighted by atomic mass is 10.1. The molecular weight excluding hydrogens is 337 g/mol. The summed E-state index contributed by atoms with van der Waals surface area (Å²) in [4.78, 5) is 11.9. The molecule has 88 valence electrons. The molecule has 1 aliphatic rings. The molecule has 1 saturated heterocycles. The van der Waals surface area contributed by atoms with Gasteiger partial charge in [0.05, 0.1) is 9.90 Å². The average Bonchev–Trinajstić information content (AvgIpc) is 2.86. The van der Waals surface area contributed by atoms with E-state index >= 15 is 0 Å². The molecule has 0 aromatic carbocycles. The van der Waals surface area contributed by atoms with Crippen LogP contribution in [0.15, 0.2) is 6.07 Å². The first-order valence-electron chi connectivity index (χ1n) is 4.02. The molecule has 0 saturated carbocycles. The number of epoxide rings is 1. The number of rotatable bonds is 2. The molecular formula is C8H3Cl5O2S. The molecule has 0 spiro atoms. The van der Waals surface area contributed by atoms with Crippen LogP contribution in [0.3, 0.4) is 0 Å². The van der Waals surface area contributed by atoms with Crippen molar-refractivity contribution in [2.45, 2.75) is 16.0 Å². The van der Waals surface area contributed by atoms with E-state index in [1.165, 1.54) is 6.07 Å². The molecule has 2 unspecified atom stereocenters. The maximum Gasteiger partial charge on any atom is 0.219 e. The fourth-order valence-electron chi connectivity index (χ4n) is 1.22. The number of hydrogen-bond acceptors (Lipinski definition) is 3. The minimum atomic E-state index is -1.60. The number of alkyl halides is 3. The van der Waals surface area contributed by atoms with Crippen LogP contribution in [-0.2, 0) is 4.74 Å². The summed E-state index contributed by atoms with van der Waals surface area (Å²) in [6, 6.07) is 1.48. The van der Waals surface area contributed by atoms with Crippen molar-refractivity contribution in [1.82, 2.24) is 0 Å². The van der Waals surface area contributed by atoms with Crippen molar-refractivity contribution < 1.29 is 9.53 Å². The zero-order valence-corrected chi connectivity index (χ0v) is 11.9. The molecule has 2 heterocycles. The number of halogens is 5. The van der Waals surface area contributed by atoms with Crippen molar-refractivity contribution in [3.63, 3.8) is 0 Å². The lowest BCUT2D eigenvalue weighted by molar-refractivity contribution is 0.0954. The van der Waals surface area contributed by atoms with E-state index < -0.39 is 16.0 Å². The zero-order valence-electron chi connectivity index (χ0n) is 7.35. The molecule has 16 heavy (non-hydrogen) atoms. The Morgan fingerprint density at radius 3 is 2.38 bits per heavy atom. The smallest absolute Gasteiger partial charge is 0.219 e. The van der Waals surface area contributed by atoms with Crippen molar-refractivity contribution in [2.24, 2.45) is 0 Å². The topological polar surface area (TPSA) is 29.6 Å². The molecule has 0 amide bonds. The summed E-state index contributed by atoms with van der Waals surface area (Å²) in [7, 11) is 0. The lowest BCUT2D eigenvalue weighted by Gasteiger charge is -2.04. The van der Waals surface area contributed by atoms with Gasteiger partial charge in [-0.2, -0.15) is 0 Å². The molecule has 1 fully saturated rings. The summed E-state index contributed by atoms with van der Waals surface area (Å²) < 4.78 is 4.16. The Morgan fingerprint density at radius 1 is 1.38 bits per heavy atom. The largest absolute Gasteiger partial charge is 0.356 e. The van der Waals surface area contributed by atoms with E-state index in [2.05, 4.69) is 0 Å². The van der Waals surface area contributed by atoms with E-state index in [1.807, 2.05) is 0 Å². The first-order valence-corrected chi connectivity index (χ1v) is 6.72. The van der Waals surface area contributed by atoms with Crippen molar-refractivity contribution in [3.05, 3.63) is 20.3 Å². The molecule has 1 aromatic rings. The van der Waals surface area contributed by atoms with Gasteiger partial charge in [-0.25, -0.2) is 0 Å². The highest BCUT2D eigenvalue weighted by Gasteiger charge is 2.56. The predicted molar refractivity (Wildman–Crippen MR) is 67.6 cm³/mol. The van der Waals surface area contributed by atoms with Crippen LogP contribution in [0.2, 0.25) is 8.67 Å². The highest BCUT2D eigenvalue weighted by molar-refractivity contribution is 7.20. The second kappa shape index (κ2) is 4.47. The van der Waals surface area contributed by atoms with Gasteiger partial charge in [-0.3, -0.25) is 4.79 Å². The highest BCUT2D eigenvalue weighted by atomic mass is 35.6. The number of ketones is 1. The molecule has 0 radical (unpaired) electrons. The van der Waals surface area contributed by atoms with E-state index in [-0.39, 0.29) is 5.78 Å². The number of Topliss-reactive ketones (excluding diaryl/α,β-unsaturated/α-hetero) is 1. The average molecular weight is 340 g/mol. The lowest BCUT2D eigenvalue weighted by Crippen LogP contribution is -2.19. The molecule has 1 aliphatic heterocycles. The van der Waals surface area contributed by atoms with Crippen LogP contribution in [-0.4, -0.2) is 21.8 Å². The van der Waals surface area contributed by atoms with Crippen LogP contribution in [0.1, 0.15) is 10.4 Å². The van der Waals surface area contributed by atoms with E-state index in [9.17, 15) is 4.79 Å². The van der Waals surface area contributed by atoms with Gasteiger partial charge in [-0.05, 0) is 6.07 Å². The molecule has 8 heteroatoms. The van der Waals surface area contributed by atoms with Gasteiger partial charge in [0.25, 0.3) is 0 Å². The number of carbonyl (C=O) groups excluding carboxylic acids is 1. The number of carbonyl (C=O) groups is 1. The monoisotopic (exact) mass is 338 g/mol. The summed E-state index contributed by atoms with van der Waals surface area (Å²) in [6.07, 6.45) is -1.48. The third kappa shape index (κ3) is 2.61. The summed E-state index contributed by atoms with van der Waals surface area (Å²) >= 11 is 29.5. The van der Waals surface area contributed by atoms with Crippen LogP contribution in [0, 0.1) is 0 Å². The van der Waals surface area contributed by atoms with Gasteiger partial charge >= 0.3 is 0 Å². The van der Waals surface area contributed by atoms with Gasteiger partial charge in [0.15, 0.2) is 11.9 Å². The number of hydrogen-bond donors (Lipinski definition) is 0. The van der Waals surface area contributed by atoms with E-state index in [1.54, 1.807) is 0 Å². The van der Waals surface area contributed by atoms with E-state index in [0.29, 0.717) is 14.2 Å². The fraction of sp³-hybridized carbons (Fsp3) is 0.375. The molecule has 1 aromatic heterocycles. The van der Waals surface area contributed by atoms with Gasteiger partial charge in [-0.1, -0.05) is 58.0 Å². The quantitative estimate of drug-likeness (QED) is 0.454. The maximum atomic E-state index is 11.9. The SMILES string of the molecule is O=C(c1cc(Cl)sc1Cl)C1OC1C(Cl)(Cl)Cl. The Kier molecular flexibility index (Phi) is 3.69. The van der Waals surface area contributed by atoms with Crippen LogP contribution in [0.4, 0.5) is 0 Å². The third-order valence-corrected chi connectivity index (χ3v) is 4.13. The Bertz CT molecular complexity index is 438. The molecule has 2 rings (SSSR count). The minimum Gasteiger partial charge on any atom is -0.356 e. The van der Waals surface area contributed by atoms with Gasteiger partial charge < -0.3 is 4.74 Å².